The van der Waals surface area contributed by atoms with Crippen molar-refractivity contribution in [2.24, 2.45) is 0 Å². The highest BCUT2D eigenvalue weighted by Gasteiger charge is 2.27. The minimum Gasteiger partial charge on any atom is -0.375 e. The molecule has 6 N–H and O–H groups in total. The first-order valence-electron chi connectivity index (χ1n) is 11.8. The van der Waals surface area contributed by atoms with Gasteiger partial charge in [-0.25, -0.2) is 14.8 Å². The average molecular weight is 508 g/mol. The molecule has 0 saturated carbocycles. The van der Waals surface area contributed by atoms with Crippen molar-refractivity contribution < 1.29 is 4.79 Å². The van der Waals surface area contributed by atoms with Gasteiger partial charge < -0.3 is 20.9 Å². The molecule has 36 heavy (non-hydrogen) atoms. The van der Waals surface area contributed by atoms with Crippen molar-refractivity contribution in [3.05, 3.63) is 67.4 Å². The number of aromatic amines is 2. The number of H-pyrrole nitrogens is 2. The lowest BCUT2D eigenvalue weighted by Gasteiger charge is -2.33. The Balaban J connectivity index is 1.18. The summed E-state index contributed by atoms with van der Waals surface area (Å²) in [4.78, 5) is 55.2. The zero-order valence-electron chi connectivity index (χ0n) is 19.3. The Morgan fingerprint density at radius 1 is 1.19 bits per heavy atom. The number of aromatic nitrogens is 5. The van der Waals surface area contributed by atoms with Crippen molar-refractivity contribution in [1.82, 2.24) is 35.1 Å². The number of amides is 1. The Morgan fingerprint density at radius 3 is 2.86 bits per heavy atom. The van der Waals surface area contributed by atoms with E-state index in [9.17, 15) is 14.4 Å². The molecule has 6 rings (SSSR count). The predicted octanol–water partition coefficient (Wildman–Crippen LogP) is 0.867. The fourth-order valence-electron chi connectivity index (χ4n) is 5.06. The molecule has 2 aliphatic heterocycles. The molecule has 1 atom stereocenters. The van der Waals surface area contributed by atoms with Crippen molar-refractivity contribution in [2.45, 2.75) is 31.5 Å². The van der Waals surface area contributed by atoms with E-state index in [1.165, 1.54) is 17.4 Å². The van der Waals surface area contributed by atoms with Crippen LogP contribution in [0.5, 0.6) is 0 Å². The van der Waals surface area contributed by atoms with Gasteiger partial charge in [0.1, 0.15) is 12.0 Å². The summed E-state index contributed by atoms with van der Waals surface area (Å²) in [6, 6.07) is 6.72. The van der Waals surface area contributed by atoms with Gasteiger partial charge in [-0.2, -0.15) is 0 Å². The summed E-state index contributed by atoms with van der Waals surface area (Å²) in [7, 11) is 0. The molecule has 0 bridgehead atoms. The van der Waals surface area contributed by atoms with Gasteiger partial charge in [-0.05, 0) is 31.0 Å². The largest absolute Gasteiger partial charge is 0.375 e. The van der Waals surface area contributed by atoms with Crippen molar-refractivity contribution >= 4 is 39.4 Å². The number of piperidine rings is 1. The maximum Gasteiger partial charge on any atom is 0.327 e. The van der Waals surface area contributed by atoms with Crippen molar-refractivity contribution in [3.63, 3.8) is 0 Å². The monoisotopic (exact) mass is 507 g/mol. The molecule has 0 radical (unpaired) electrons. The van der Waals surface area contributed by atoms with E-state index in [2.05, 4.69) is 30.6 Å². The van der Waals surface area contributed by atoms with E-state index in [1.54, 1.807) is 16.8 Å². The molecule has 6 heterocycles. The first-order chi connectivity index (χ1) is 17.5. The van der Waals surface area contributed by atoms with Gasteiger partial charge in [0.2, 0.25) is 5.56 Å². The minimum atomic E-state index is -0.404. The normalized spacial score (nSPS) is 18.3. The van der Waals surface area contributed by atoms with Gasteiger partial charge >= 0.3 is 5.69 Å². The fraction of sp³-hybridized carbons (Fsp3) is 0.348. The number of nitrogens with one attached hydrogen (secondary N) is 4. The van der Waals surface area contributed by atoms with Gasteiger partial charge in [0.15, 0.2) is 10.8 Å². The molecule has 1 fully saturated rings. The summed E-state index contributed by atoms with van der Waals surface area (Å²) in [5.41, 5.74) is 7.87. The summed E-state index contributed by atoms with van der Waals surface area (Å²) in [6.07, 6.45) is 3.42. The van der Waals surface area contributed by atoms with E-state index in [4.69, 9.17) is 5.73 Å². The number of thiazole rings is 1. The Morgan fingerprint density at radius 2 is 2.03 bits per heavy atom. The van der Waals surface area contributed by atoms with E-state index >= 15 is 0 Å². The van der Waals surface area contributed by atoms with Crippen molar-refractivity contribution in [1.29, 1.82) is 0 Å². The first-order valence-corrected chi connectivity index (χ1v) is 12.6. The third kappa shape index (κ3) is 4.05. The van der Waals surface area contributed by atoms with Gasteiger partial charge in [0.05, 0.1) is 16.1 Å². The smallest absolute Gasteiger partial charge is 0.327 e. The topological polar surface area (TPSA) is 167 Å². The SMILES string of the molecule is Nc1nc2c(s1)C(NC(=O)c1cc(N3CCC(n4c(=O)[nH]c5ncccc54)CC3)[nH]c(=O)c1)NCC2. The van der Waals surface area contributed by atoms with E-state index in [0.29, 0.717) is 49.1 Å². The Hall–Kier alpha value is -3.97. The molecule has 0 aromatic carbocycles. The molecule has 12 nitrogen and oxygen atoms in total. The third-order valence-electron chi connectivity index (χ3n) is 6.74. The number of nitrogens with zero attached hydrogens (tertiary/aromatic N) is 4. The van der Waals surface area contributed by atoms with Crippen molar-refractivity contribution in [2.75, 3.05) is 30.3 Å². The van der Waals surface area contributed by atoms with Crippen LogP contribution in [0.25, 0.3) is 11.2 Å². The number of carbonyl (C=O) groups is 1. The Labute approximate surface area is 208 Å². The summed E-state index contributed by atoms with van der Waals surface area (Å²) in [6.45, 7) is 1.92. The number of hydrogen-bond acceptors (Lipinski definition) is 9. The zero-order chi connectivity index (χ0) is 24.8. The standard InChI is InChI=1S/C23H25N9O3S/c24-22-27-14-3-7-26-20(18(14)36-22)29-21(34)12-10-16(28-17(33)11-12)31-8-4-13(5-9-31)32-15-2-1-6-25-19(15)30-23(32)35/h1-2,6,10-11,13,20,26H,3-5,7-9H2,(H2,24,27)(H,28,33)(H,29,34)(H,25,30,35). The third-order valence-corrected chi connectivity index (χ3v) is 7.74. The quantitative estimate of drug-likeness (QED) is 0.271. The van der Waals surface area contributed by atoms with Gasteiger partial charge in [0.25, 0.3) is 5.91 Å². The summed E-state index contributed by atoms with van der Waals surface area (Å²) < 4.78 is 1.77. The van der Waals surface area contributed by atoms with E-state index in [-0.39, 0.29) is 28.8 Å². The number of anilines is 2. The molecule has 0 spiro atoms. The van der Waals surface area contributed by atoms with Gasteiger partial charge in [0, 0.05) is 49.9 Å². The number of rotatable bonds is 4. The predicted molar refractivity (Wildman–Crippen MR) is 136 cm³/mol. The number of nitrogens with two attached hydrogens (primary N) is 1. The maximum absolute atomic E-state index is 13.1. The lowest BCUT2D eigenvalue weighted by molar-refractivity contribution is 0.0928. The van der Waals surface area contributed by atoms with Crippen LogP contribution in [-0.4, -0.2) is 50.0 Å². The number of nitrogen functional groups attached to an aromatic ring is 1. The Kier molecular flexibility index (Phi) is 5.57. The van der Waals surface area contributed by atoms with Crippen molar-refractivity contribution in [3.8, 4) is 0 Å². The van der Waals surface area contributed by atoms with Crippen LogP contribution in [0, 0.1) is 0 Å². The summed E-state index contributed by atoms with van der Waals surface area (Å²) in [5, 5.41) is 6.69. The highest BCUT2D eigenvalue weighted by atomic mass is 32.1. The highest BCUT2D eigenvalue weighted by molar-refractivity contribution is 7.15. The zero-order valence-corrected chi connectivity index (χ0v) is 20.1. The molecule has 13 heteroatoms. The minimum absolute atomic E-state index is 0.0170. The molecule has 186 valence electrons. The average Bonchev–Trinajstić information content (AvgIpc) is 3.42. The number of pyridine rings is 2. The Bertz CT molecular complexity index is 1560. The molecular weight excluding hydrogens is 482 g/mol. The van der Waals surface area contributed by atoms with Gasteiger partial charge in [-0.3, -0.25) is 24.5 Å². The van der Waals surface area contributed by atoms with E-state index in [0.717, 1.165) is 22.5 Å². The van der Waals surface area contributed by atoms with Crippen LogP contribution in [0.2, 0.25) is 0 Å². The van der Waals surface area contributed by atoms with Gasteiger partial charge in [-0.1, -0.05) is 11.3 Å². The van der Waals surface area contributed by atoms with Crippen LogP contribution in [0.15, 0.2) is 40.1 Å². The van der Waals surface area contributed by atoms with Gasteiger partial charge in [-0.15, -0.1) is 0 Å². The number of hydrogen-bond donors (Lipinski definition) is 5. The van der Waals surface area contributed by atoms with Crippen LogP contribution in [-0.2, 0) is 6.42 Å². The van der Waals surface area contributed by atoms with Crippen LogP contribution in [0.1, 0.15) is 46.0 Å². The van der Waals surface area contributed by atoms with Crippen LogP contribution < -0.4 is 32.5 Å². The molecule has 2 aliphatic rings. The molecule has 1 unspecified atom stereocenters. The van der Waals surface area contributed by atoms with Crippen LogP contribution in [0.4, 0.5) is 10.9 Å². The number of carbonyl (C=O) groups excluding carboxylic acids is 1. The summed E-state index contributed by atoms with van der Waals surface area (Å²) in [5.74, 6) is 0.228. The number of imidazole rings is 1. The maximum atomic E-state index is 13.1. The molecular formula is C23H25N9O3S. The van der Waals surface area contributed by atoms with Crippen LogP contribution >= 0.6 is 11.3 Å². The first kappa shape index (κ1) is 22.5. The second-order valence-corrected chi connectivity index (χ2v) is 10.0. The molecule has 1 amide bonds. The lowest BCUT2D eigenvalue weighted by Crippen LogP contribution is -2.42. The van der Waals surface area contributed by atoms with E-state index < -0.39 is 6.17 Å². The second-order valence-electron chi connectivity index (χ2n) is 8.98. The summed E-state index contributed by atoms with van der Waals surface area (Å²) >= 11 is 1.35. The lowest BCUT2D eigenvalue weighted by atomic mass is 10.0. The molecule has 0 aliphatic carbocycles. The molecule has 1 saturated heterocycles. The second kappa shape index (κ2) is 8.91. The molecule has 4 aromatic rings. The fourth-order valence-corrected chi connectivity index (χ4v) is 5.97. The molecule has 4 aromatic heterocycles. The van der Waals surface area contributed by atoms with Crippen LogP contribution in [0.3, 0.4) is 0 Å². The highest BCUT2D eigenvalue weighted by Crippen LogP contribution is 2.30. The number of fused-ring (bicyclic) bond motifs is 2. The van der Waals surface area contributed by atoms with E-state index in [1.807, 2.05) is 17.0 Å².